The highest BCUT2D eigenvalue weighted by molar-refractivity contribution is 5.89. The maximum absolute atomic E-state index is 11.0. The molecule has 0 aliphatic heterocycles. The fourth-order valence-electron chi connectivity index (χ4n) is 2.18. The lowest BCUT2D eigenvalue weighted by molar-refractivity contribution is 0.0697. The molecule has 0 saturated heterocycles. The second-order valence-electron chi connectivity index (χ2n) is 5.12. The summed E-state index contributed by atoms with van der Waals surface area (Å²) in [5.41, 5.74) is 3.55. The quantitative estimate of drug-likeness (QED) is 0.355. The fourth-order valence-corrected chi connectivity index (χ4v) is 2.18. The Morgan fingerprint density at radius 1 is 1.40 bits per heavy atom. The molecule has 0 spiro atoms. The van der Waals surface area contributed by atoms with Crippen LogP contribution in [0.25, 0.3) is 11.3 Å². The summed E-state index contributed by atoms with van der Waals surface area (Å²) in [6.45, 7) is 1.92. The third-order valence-electron chi connectivity index (χ3n) is 3.46. The van der Waals surface area contributed by atoms with Crippen molar-refractivity contribution < 1.29 is 14.3 Å². The molecule has 2 aromatic heterocycles. The minimum Gasteiger partial charge on any atom is -0.478 e. The first-order chi connectivity index (χ1) is 12.1. The van der Waals surface area contributed by atoms with Crippen LogP contribution < -0.4 is 11.3 Å². The summed E-state index contributed by atoms with van der Waals surface area (Å²) in [7, 11) is 0. The van der Waals surface area contributed by atoms with Crippen LogP contribution >= 0.6 is 0 Å². The standard InChI is InChI=1S/C16H16N6O3/c1-2-14-19-21-16(22(14)17)20-18-9-12-6-7-13(25-12)10-4-3-5-11(8-10)15(23)24/h3-9H,2,17H2,1H3,(H,20,21)(H,23,24). The van der Waals surface area contributed by atoms with Crippen molar-refractivity contribution in [3.05, 3.63) is 53.5 Å². The summed E-state index contributed by atoms with van der Waals surface area (Å²) in [6.07, 6.45) is 2.12. The number of aromatic nitrogens is 3. The molecule has 128 valence electrons. The normalized spacial score (nSPS) is 11.1. The van der Waals surface area contributed by atoms with Gasteiger partial charge in [-0.1, -0.05) is 19.1 Å². The molecule has 1 aromatic carbocycles. The van der Waals surface area contributed by atoms with Gasteiger partial charge >= 0.3 is 5.97 Å². The lowest BCUT2D eigenvalue weighted by Gasteiger charge is -2.00. The van der Waals surface area contributed by atoms with Gasteiger partial charge in [-0.2, -0.15) is 5.10 Å². The largest absolute Gasteiger partial charge is 0.478 e. The number of benzene rings is 1. The smallest absolute Gasteiger partial charge is 0.335 e. The molecule has 2 heterocycles. The summed E-state index contributed by atoms with van der Waals surface area (Å²) in [5, 5.41) is 20.8. The van der Waals surface area contributed by atoms with Gasteiger partial charge in [0.25, 0.3) is 5.95 Å². The lowest BCUT2D eigenvalue weighted by Crippen LogP contribution is -2.14. The fraction of sp³-hybridized carbons (Fsp3) is 0.125. The van der Waals surface area contributed by atoms with Gasteiger partial charge < -0.3 is 15.4 Å². The van der Waals surface area contributed by atoms with Crippen LogP contribution in [0.5, 0.6) is 0 Å². The number of nitrogen functional groups attached to an aromatic ring is 1. The van der Waals surface area contributed by atoms with E-state index < -0.39 is 5.97 Å². The van der Waals surface area contributed by atoms with Crippen LogP contribution in [0.1, 0.15) is 28.9 Å². The Kier molecular flexibility index (Phi) is 4.46. The molecule has 3 rings (SSSR count). The molecule has 0 fully saturated rings. The van der Waals surface area contributed by atoms with Crippen molar-refractivity contribution in [3.8, 4) is 11.3 Å². The number of aromatic carboxylic acids is 1. The number of nitrogens with one attached hydrogen (secondary N) is 1. The van der Waals surface area contributed by atoms with E-state index in [9.17, 15) is 4.79 Å². The molecule has 0 atom stereocenters. The van der Waals surface area contributed by atoms with E-state index in [1.54, 1.807) is 30.3 Å². The Morgan fingerprint density at radius 3 is 2.96 bits per heavy atom. The summed E-state index contributed by atoms with van der Waals surface area (Å²) in [5.74, 6) is 6.79. The second kappa shape index (κ2) is 6.87. The number of aryl methyl sites for hydroxylation is 1. The molecule has 9 heteroatoms. The van der Waals surface area contributed by atoms with E-state index in [1.165, 1.54) is 17.0 Å². The van der Waals surface area contributed by atoms with Gasteiger partial charge in [0, 0.05) is 12.0 Å². The number of carboxylic acids is 1. The molecule has 4 N–H and O–H groups in total. The third-order valence-corrected chi connectivity index (χ3v) is 3.46. The number of anilines is 1. The first kappa shape index (κ1) is 16.2. The third kappa shape index (κ3) is 3.50. The van der Waals surface area contributed by atoms with Gasteiger partial charge in [0.05, 0.1) is 11.8 Å². The van der Waals surface area contributed by atoms with Crippen LogP contribution in [0.2, 0.25) is 0 Å². The Labute approximate surface area is 142 Å². The topological polar surface area (TPSA) is 132 Å². The number of hydrazone groups is 1. The molecular formula is C16H16N6O3. The molecule has 3 aromatic rings. The number of rotatable bonds is 6. The Morgan fingerprint density at radius 2 is 2.24 bits per heavy atom. The average molecular weight is 340 g/mol. The van der Waals surface area contributed by atoms with E-state index in [1.807, 2.05) is 6.92 Å². The van der Waals surface area contributed by atoms with Crippen LogP contribution in [0, 0.1) is 0 Å². The van der Waals surface area contributed by atoms with Gasteiger partial charge in [0.1, 0.15) is 11.5 Å². The first-order valence-corrected chi connectivity index (χ1v) is 7.50. The Bertz CT molecular complexity index is 928. The number of hydrogen-bond acceptors (Lipinski definition) is 7. The monoisotopic (exact) mass is 340 g/mol. The number of nitrogens with two attached hydrogens (primary N) is 1. The molecule has 25 heavy (non-hydrogen) atoms. The van der Waals surface area contributed by atoms with E-state index in [2.05, 4.69) is 20.7 Å². The number of carboxylic acid groups (broad SMARTS) is 1. The van der Waals surface area contributed by atoms with Crippen molar-refractivity contribution in [3.63, 3.8) is 0 Å². The lowest BCUT2D eigenvalue weighted by atomic mass is 10.1. The number of hydrogen-bond donors (Lipinski definition) is 3. The summed E-state index contributed by atoms with van der Waals surface area (Å²) in [4.78, 5) is 11.0. The Balaban J connectivity index is 1.72. The molecule has 0 aliphatic carbocycles. The van der Waals surface area contributed by atoms with Gasteiger partial charge in [0.2, 0.25) is 0 Å². The summed E-state index contributed by atoms with van der Waals surface area (Å²) < 4.78 is 6.96. The highest BCUT2D eigenvalue weighted by atomic mass is 16.4. The molecule has 0 radical (unpaired) electrons. The summed E-state index contributed by atoms with van der Waals surface area (Å²) in [6, 6.07) is 9.96. The van der Waals surface area contributed by atoms with Crippen LogP contribution in [-0.2, 0) is 6.42 Å². The van der Waals surface area contributed by atoms with Crippen molar-refractivity contribution in [1.29, 1.82) is 0 Å². The molecule has 9 nitrogen and oxygen atoms in total. The zero-order chi connectivity index (χ0) is 17.8. The van der Waals surface area contributed by atoms with Gasteiger partial charge in [-0.25, -0.2) is 14.9 Å². The highest BCUT2D eigenvalue weighted by Crippen LogP contribution is 2.22. The minimum absolute atomic E-state index is 0.194. The van der Waals surface area contributed by atoms with Crippen LogP contribution in [0.15, 0.2) is 45.9 Å². The van der Waals surface area contributed by atoms with Gasteiger partial charge in [-0.15, -0.1) is 10.2 Å². The summed E-state index contributed by atoms with van der Waals surface area (Å²) >= 11 is 0. The Hall–Kier alpha value is -3.62. The van der Waals surface area contributed by atoms with Crippen molar-refractivity contribution in [2.45, 2.75) is 13.3 Å². The average Bonchev–Trinajstić information content (AvgIpc) is 3.22. The maximum Gasteiger partial charge on any atom is 0.335 e. The second-order valence-corrected chi connectivity index (χ2v) is 5.12. The number of furan rings is 1. The zero-order valence-corrected chi connectivity index (χ0v) is 13.4. The van der Waals surface area contributed by atoms with E-state index in [0.29, 0.717) is 35.3 Å². The SMILES string of the molecule is CCc1nnc(NN=Cc2ccc(-c3cccc(C(=O)O)c3)o2)n1N. The molecule has 0 saturated carbocycles. The van der Waals surface area contributed by atoms with Crippen LogP contribution in [0.3, 0.4) is 0 Å². The van der Waals surface area contributed by atoms with Crippen molar-refractivity contribution in [2.24, 2.45) is 5.10 Å². The van der Waals surface area contributed by atoms with Gasteiger partial charge in [-0.3, -0.25) is 0 Å². The van der Waals surface area contributed by atoms with E-state index in [-0.39, 0.29) is 5.56 Å². The predicted octanol–water partition coefficient (Wildman–Crippen LogP) is 1.96. The molecule has 0 amide bonds. The van der Waals surface area contributed by atoms with Crippen LogP contribution in [0.4, 0.5) is 5.95 Å². The van der Waals surface area contributed by atoms with Crippen molar-refractivity contribution in [2.75, 3.05) is 11.3 Å². The molecule has 0 bridgehead atoms. The maximum atomic E-state index is 11.0. The van der Waals surface area contributed by atoms with Gasteiger partial charge in [-0.05, 0) is 24.3 Å². The predicted molar refractivity (Wildman–Crippen MR) is 91.9 cm³/mol. The van der Waals surface area contributed by atoms with E-state index >= 15 is 0 Å². The number of nitrogens with zero attached hydrogens (tertiary/aromatic N) is 4. The minimum atomic E-state index is -0.989. The van der Waals surface area contributed by atoms with E-state index in [0.717, 1.165) is 0 Å². The van der Waals surface area contributed by atoms with Crippen molar-refractivity contribution >= 4 is 18.1 Å². The molecule has 0 unspecified atom stereocenters. The van der Waals surface area contributed by atoms with Crippen molar-refractivity contribution in [1.82, 2.24) is 14.9 Å². The highest BCUT2D eigenvalue weighted by Gasteiger charge is 2.08. The molecular weight excluding hydrogens is 324 g/mol. The van der Waals surface area contributed by atoms with Gasteiger partial charge in [0.15, 0.2) is 5.82 Å². The zero-order valence-electron chi connectivity index (χ0n) is 13.4. The first-order valence-electron chi connectivity index (χ1n) is 7.50. The van der Waals surface area contributed by atoms with E-state index in [4.69, 9.17) is 15.4 Å². The van der Waals surface area contributed by atoms with Crippen LogP contribution in [-0.4, -0.2) is 32.2 Å². The molecule has 0 aliphatic rings. The number of carbonyl (C=O) groups is 1.